The minimum absolute atomic E-state index is 0.0391. The topological polar surface area (TPSA) is 104 Å². The van der Waals surface area contributed by atoms with Crippen LogP contribution in [-0.4, -0.2) is 33.8 Å². The van der Waals surface area contributed by atoms with Crippen molar-refractivity contribution in [1.82, 2.24) is 10.0 Å². The van der Waals surface area contributed by atoms with E-state index in [0.29, 0.717) is 11.3 Å². The van der Waals surface area contributed by atoms with Crippen molar-refractivity contribution in [1.29, 1.82) is 0 Å². The highest BCUT2D eigenvalue weighted by atomic mass is 32.2. The molecular formula is C19H21N3O4S. The molecule has 0 bridgehead atoms. The summed E-state index contributed by atoms with van der Waals surface area (Å²) in [4.78, 5) is 23.6. The summed E-state index contributed by atoms with van der Waals surface area (Å²) in [5.74, 6) is -0.622. The first kappa shape index (κ1) is 20.3. The fraction of sp³-hybridized carbons (Fsp3) is 0.158. The molecule has 0 aromatic heterocycles. The van der Waals surface area contributed by atoms with Crippen LogP contribution in [0.4, 0.5) is 5.69 Å². The van der Waals surface area contributed by atoms with Gasteiger partial charge in [0.05, 0.1) is 0 Å². The van der Waals surface area contributed by atoms with Crippen molar-refractivity contribution in [2.24, 2.45) is 0 Å². The third-order valence-electron chi connectivity index (χ3n) is 3.53. The highest BCUT2D eigenvalue weighted by Gasteiger charge is 2.09. The molecule has 2 amide bonds. The molecule has 0 heterocycles. The van der Waals surface area contributed by atoms with E-state index in [-0.39, 0.29) is 24.8 Å². The van der Waals surface area contributed by atoms with Gasteiger partial charge in [-0.25, -0.2) is 13.1 Å². The predicted molar refractivity (Wildman–Crippen MR) is 105 cm³/mol. The molecule has 27 heavy (non-hydrogen) atoms. The highest BCUT2D eigenvalue weighted by Crippen LogP contribution is 2.11. The lowest BCUT2D eigenvalue weighted by Gasteiger charge is -2.07. The lowest BCUT2D eigenvalue weighted by atomic mass is 10.2. The average molecular weight is 387 g/mol. The number of rotatable bonds is 8. The van der Waals surface area contributed by atoms with E-state index in [0.717, 1.165) is 11.0 Å². The van der Waals surface area contributed by atoms with Crippen molar-refractivity contribution in [3.8, 4) is 0 Å². The Bertz CT molecular complexity index is 925. The molecule has 3 N–H and O–H groups in total. The Hall–Kier alpha value is -2.97. The van der Waals surface area contributed by atoms with Gasteiger partial charge in [0.25, 0.3) is 5.91 Å². The molecule has 0 aliphatic carbocycles. The maximum atomic E-state index is 12.0. The molecule has 0 atom stereocenters. The van der Waals surface area contributed by atoms with Crippen LogP contribution in [0.5, 0.6) is 0 Å². The lowest BCUT2D eigenvalue weighted by Crippen LogP contribution is -2.26. The summed E-state index contributed by atoms with van der Waals surface area (Å²) in [5, 5.41) is 6.20. The summed E-state index contributed by atoms with van der Waals surface area (Å²) in [6.45, 7) is -0.0393. The first-order valence-corrected chi connectivity index (χ1v) is 9.79. The molecule has 2 aromatic carbocycles. The molecule has 0 unspecified atom stereocenters. The molecule has 2 rings (SSSR count). The number of nitrogens with one attached hydrogen (secondary N) is 3. The van der Waals surface area contributed by atoms with Crippen molar-refractivity contribution >= 4 is 33.6 Å². The molecule has 0 aliphatic rings. The van der Waals surface area contributed by atoms with Crippen LogP contribution in [-0.2, 0) is 14.8 Å². The zero-order chi connectivity index (χ0) is 19.7. The van der Waals surface area contributed by atoms with Crippen LogP contribution in [0.1, 0.15) is 22.3 Å². The van der Waals surface area contributed by atoms with Gasteiger partial charge in [-0.05, 0) is 29.8 Å². The average Bonchev–Trinajstić information content (AvgIpc) is 2.66. The van der Waals surface area contributed by atoms with Crippen molar-refractivity contribution < 1.29 is 18.0 Å². The van der Waals surface area contributed by atoms with Gasteiger partial charge in [0.2, 0.25) is 15.9 Å². The summed E-state index contributed by atoms with van der Waals surface area (Å²) in [6.07, 6.45) is 1.44. The normalized spacial score (nSPS) is 11.3. The molecule has 0 saturated carbocycles. The number of amides is 2. The first-order chi connectivity index (χ1) is 12.9. The van der Waals surface area contributed by atoms with Gasteiger partial charge in [0.1, 0.15) is 0 Å². The largest absolute Gasteiger partial charge is 0.355 e. The fourth-order valence-corrected chi connectivity index (χ4v) is 3.01. The van der Waals surface area contributed by atoms with Crippen LogP contribution in [0.2, 0.25) is 0 Å². The Labute approximate surface area is 158 Å². The zero-order valence-electron chi connectivity index (χ0n) is 14.8. The van der Waals surface area contributed by atoms with E-state index in [1.165, 1.54) is 13.1 Å². The molecule has 7 nitrogen and oxygen atoms in total. The van der Waals surface area contributed by atoms with Gasteiger partial charge < -0.3 is 10.6 Å². The van der Waals surface area contributed by atoms with Gasteiger partial charge >= 0.3 is 0 Å². The van der Waals surface area contributed by atoms with Crippen LogP contribution < -0.4 is 15.4 Å². The molecule has 8 heteroatoms. The fourth-order valence-electron chi connectivity index (χ4n) is 2.19. The monoisotopic (exact) mass is 387 g/mol. The van der Waals surface area contributed by atoms with Gasteiger partial charge in [-0.15, -0.1) is 0 Å². The molecule has 0 fully saturated rings. The number of anilines is 1. The quantitative estimate of drug-likeness (QED) is 0.644. The van der Waals surface area contributed by atoms with E-state index in [2.05, 4.69) is 15.4 Å². The highest BCUT2D eigenvalue weighted by molar-refractivity contribution is 7.92. The van der Waals surface area contributed by atoms with Crippen molar-refractivity contribution in [2.75, 3.05) is 18.9 Å². The van der Waals surface area contributed by atoms with Gasteiger partial charge in [-0.3, -0.25) is 9.59 Å². The number of sulfonamides is 1. The summed E-state index contributed by atoms with van der Waals surface area (Å²) in [7, 11) is -2.11. The molecule has 142 valence electrons. The SMILES string of the molecule is CNC(=O)c1cccc(NC(=O)CCNS(=O)(=O)/C=C/c2ccccc2)c1. The van der Waals surface area contributed by atoms with E-state index in [1.807, 2.05) is 18.2 Å². The lowest BCUT2D eigenvalue weighted by molar-refractivity contribution is -0.116. The molecular weight excluding hydrogens is 366 g/mol. The van der Waals surface area contributed by atoms with E-state index >= 15 is 0 Å². The predicted octanol–water partition coefficient (Wildman–Crippen LogP) is 1.97. The number of hydrogen-bond acceptors (Lipinski definition) is 4. The van der Waals surface area contributed by atoms with E-state index < -0.39 is 10.0 Å². The first-order valence-electron chi connectivity index (χ1n) is 8.24. The summed E-state index contributed by atoms with van der Waals surface area (Å²) < 4.78 is 26.2. The van der Waals surface area contributed by atoms with Crippen LogP contribution in [0.3, 0.4) is 0 Å². The molecule has 0 spiro atoms. The van der Waals surface area contributed by atoms with Crippen molar-refractivity contribution in [3.05, 3.63) is 71.1 Å². The molecule has 2 aromatic rings. The molecule has 0 saturated heterocycles. The smallest absolute Gasteiger partial charge is 0.251 e. The minimum Gasteiger partial charge on any atom is -0.355 e. The van der Waals surface area contributed by atoms with E-state index in [4.69, 9.17) is 0 Å². The maximum Gasteiger partial charge on any atom is 0.251 e. The third-order valence-corrected chi connectivity index (χ3v) is 4.63. The van der Waals surface area contributed by atoms with Gasteiger partial charge in [-0.2, -0.15) is 0 Å². The third kappa shape index (κ3) is 7.04. The van der Waals surface area contributed by atoms with Crippen molar-refractivity contribution in [2.45, 2.75) is 6.42 Å². The molecule has 0 aliphatic heterocycles. The number of carbonyl (C=O) groups is 2. The van der Waals surface area contributed by atoms with E-state index in [1.54, 1.807) is 36.4 Å². The Morgan fingerprint density at radius 3 is 2.48 bits per heavy atom. The van der Waals surface area contributed by atoms with Gasteiger partial charge in [-0.1, -0.05) is 36.4 Å². The zero-order valence-corrected chi connectivity index (χ0v) is 15.6. The second-order valence-corrected chi connectivity index (χ2v) is 7.26. The number of hydrogen-bond donors (Lipinski definition) is 3. The summed E-state index contributed by atoms with van der Waals surface area (Å²) in [6, 6.07) is 15.5. The van der Waals surface area contributed by atoms with Gasteiger partial charge in [0.15, 0.2) is 0 Å². The second-order valence-electron chi connectivity index (χ2n) is 5.61. The van der Waals surface area contributed by atoms with Crippen LogP contribution >= 0.6 is 0 Å². The second kappa shape index (κ2) is 9.65. The standard InChI is InChI=1S/C19H21N3O4S/c1-20-19(24)16-8-5-9-17(14-16)22-18(23)10-12-21-27(25,26)13-11-15-6-3-2-4-7-15/h2-9,11,13-14,21H,10,12H2,1H3,(H,20,24)(H,22,23)/b13-11+. The van der Waals surface area contributed by atoms with E-state index in [9.17, 15) is 18.0 Å². The summed E-state index contributed by atoms with van der Waals surface area (Å²) >= 11 is 0. The maximum absolute atomic E-state index is 12.0. The Balaban J connectivity index is 1.83. The molecule has 0 radical (unpaired) electrons. The van der Waals surface area contributed by atoms with Crippen LogP contribution in [0.15, 0.2) is 60.0 Å². The Morgan fingerprint density at radius 2 is 1.78 bits per heavy atom. The van der Waals surface area contributed by atoms with Crippen molar-refractivity contribution in [3.63, 3.8) is 0 Å². The number of carbonyl (C=O) groups excluding carboxylic acids is 2. The van der Waals surface area contributed by atoms with Crippen LogP contribution in [0.25, 0.3) is 6.08 Å². The Kier molecular flexibility index (Phi) is 7.27. The minimum atomic E-state index is -3.63. The number of benzene rings is 2. The Morgan fingerprint density at radius 1 is 1.04 bits per heavy atom. The van der Waals surface area contributed by atoms with Gasteiger partial charge in [0, 0.05) is 36.7 Å². The van der Waals surface area contributed by atoms with Crippen LogP contribution in [0, 0.1) is 0 Å². The summed E-state index contributed by atoms with van der Waals surface area (Å²) in [5.41, 5.74) is 1.64.